The van der Waals surface area contributed by atoms with Crippen molar-refractivity contribution in [1.82, 2.24) is 10.6 Å². The van der Waals surface area contributed by atoms with E-state index in [0.717, 1.165) is 0 Å². The summed E-state index contributed by atoms with van der Waals surface area (Å²) in [5, 5.41) is 4.05. The molecular formula is C11H10BrF3N2O2. The van der Waals surface area contributed by atoms with Gasteiger partial charge in [-0.05, 0) is 28.1 Å². The van der Waals surface area contributed by atoms with Gasteiger partial charge in [-0.1, -0.05) is 12.1 Å². The van der Waals surface area contributed by atoms with Crippen molar-refractivity contribution in [2.45, 2.75) is 6.18 Å². The van der Waals surface area contributed by atoms with Crippen LogP contribution in [0.5, 0.6) is 0 Å². The molecule has 0 aliphatic carbocycles. The summed E-state index contributed by atoms with van der Waals surface area (Å²) in [5.41, 5.74) is 0.365. The topological polar surface area (TPSA) is 58.2 Å². The molecule has 2 amide bonds. The lowest BCUT2D eigenvalue weighted by molar-refractivity contribution is -0.173. The molecule has 1 aromatic carbocycles. The zero-order chi connectivity index (χ0) is 14.5. The maximum Gasteiger partial charge on any atom is 0.471 e. The second-order valence-electron chi connectivity index (χ2n) is 3.49. The average Bonchev–Trinajstić information content (AvgIpc) is 2.33. The Hall–Kier alpha value is -1.57. The van der Waals surface area contributed by atoms with Gasteiger partial charge in [0.2, 0.25) is 0 Å². The van der Waals surface area contributed by atoms with Crippen LogP contribution in [0.2, 0.25) is 0 Å². The first kappa shape index (κ1) is 15.5. The molecule has 104 valence electrons. The van der Waals surface area contributed by atoms with Gasteiger partial charge in [-0.3, -0.25) is 9.59 Å². The van der Waals surface area contributed by atoms with Crippen molar-refractivity contribution in [3.8, 4) is 0 Å². The van der Waals surface area contributed by atoms with Crippen LogP contribution in [0.15, 0.2) is 28.7 Å². The molecule has 0 saturated carbocycles. The number of nitrogens with one attached hydrogen (secondary N) is 2. The molecule has 0 heterocycles. The van der Waals surface area contributed by atoms with Gasteiger partial charge < -0.3 is 10.6 Å². The molecule has 2 N–H and O–H groups in total. The van der Waals surface area contributed by atoms with Gasteiger partial charge in [-0.25, -0.2) is 0 Å². The number of halogens is 4. The van der Waals surface area contributed by atoms with E-state index in [9.17, 15) is 22.8 Å². The highest BCUT2D eigenvalue weighted by molar-refractivity contribution is 9.10. The van der Waals surface area contributed by atoms with Crippen molar-refractivity contribution in [3.63, 3.8) is 0 Å². The second-order valence-corrected chi connectivity index (χ2v) is 4.34. The fraction of sp³-hybridized carbons (Fsp3) is 0.273. The molecule has 1 rings (SSSR count). The predicted octanol–water partition coefficient (Wildman–Crippen LogP) is 1.86. The predicted molar refractivity (Wildman–Crippen MR) is 65.5 cm³/mol. The van der Waals surface area contributed by atoms with Gasteiger partial charge in [-0.15, -0.1) is 0 Å². The molecule has 0 fully saturated rings. The summed E-state index contributed by atoms with van der Waals surface area (Å²) in [7, 11) is 0. The molecule has 4 nitrogen and oxygen atoms in total. The summed E-state index contributed by atoms with van der Waals surface area (Å²) >= 11 is 3.18. The highest BCUT2D eigenvalue weighted by atomic mass is 79.9. The fourth-order valence-electron chi connectivity index (χ4n) is 1.19. The summed E-state index contributed by atoms with van der Waals surface area (Å²) in [4.78, 5) is 22.1. The summed E-state index contributed by atoms with van der Waals surface area (Å²) in [6.07, 6.45) is -4.91. The van der Waals surface area contributed by atoms with Crippen LogP contribution >= 0.6 is 15.9 Å². The molecule has 0 spiro atoms. The molecule has 0 saturated heterocycles. The van der Waals surface area contributed by atoms with Gasteiger partial charge >= 0.3 is 12.1 Å². The van der Waals surface area contributed by atoms with Gasteiger partial charge in [0, 0.05) is 17.6 Å². The van der Waals surface area contributed by atoms with Gasteiger partial charge in [0.05, 0.1) is 5.56 Å². The standard InChI is InChI=1S/C11H10BrF3N2O2/c12-8-4-2-1-3-7(8)9(18)16-5-6-17-10(19)11(13,14)15/h1-4H,5-6H2,(H,16,18)(H,17,19). The first-order chi connectivity index (χ1) is 8.82. The third-order valence-corrected chi connectivity index (χ3v) is 2.76. The normalized spacial score (nSPS) is 10.9. The Balaban J connectivity index is 2.37. The second kappa shape index (κ2) is 6.55. The van der Waals surface area contributed by atoms with Crippen molar-refractivity contribution in [2.75, 3.05) is 13.1 Å². The molecule has 8 heteroatoms. The molecule has 0 aliphatic heterocycles. The molecule has 0 unspecified atom stereocenters. The zero-order valence-corrected chi connectivity index (χ0v) is 11.1. The first-order valence-electron chi connectivity index (χ1n) is 5.20. The van der Waals surface area contributed by atoms with E-state index < -0.39 is 18.0 Å². The van der Waals surface area contributed by atoms with Crippen LogP contribution in [0.25, 0.3) is 0 Å². The van der Waals surface area contributed by atoms with Crippen LogP contribution in [-0.4, -0.2) is 31.1 Å². The molecular weight excluding hydrogens is 329 g/mol. The lowest BCUT2D eigenvalue weighted by atomic mass is 10.2. The van der Waals surface area contributed by atoms with E-state index in [1.54, 1.807) is 29.6 Å². The highest BCUT2D eigenvalue weighted by Gasteiger charge is 2.38. The van der Waals surface area contributed by atoms with Crippen molar-refractivity contribution in [1.29, 1.82) is 0 Å². The number of hydrogen-bond acceptors (Lipinski definition) is 2. The number of rotatable bonds is 4. The van der Waals surface area contributed by atoms with E-state index in [-0.39, 0.29) is 13.1 Å². The minimum atomic E-state index is -4.91. The number of carbonyl (C=O) groups excluding carboxylic acids is 2. The summed E-state index contributed by atoms with van der Waals surface area (Å²) in [5.74, 6) is -2.46. The number of alkyl halides is 3. The third kappa shape index (κ3) is 4.90. The zero-order valence-electron chi connectivity index (χ0n) is 9.55. The van der Waals surface area contributed by atoms with Crippen molar-refractivity contribution in [2.24, 2.45) is 0 Å². The van der Waals surface area contributed by atoms with Crippen molar-refractivity contribution >= 4 is 27.7 Å². The van der Waals surface area contributed by atoms with Crippen LogP contribution < -0.4 is 10.6 Å². The Kier molecular flexibility index (Phi) is 5.34. The fourth-order valence-corrected chi connectivity index (χ4v) is 1.66. The van der Waals surface area contributed by atoms with E-state index in [1.165, 1.54) is 0 Å². The Morgan fingerprint density at radius 3 is 2.26 bits per heavy atom. The summed E-state index contributed by atoms with van der Waals surface area (Å²) < 4.78 is 36.1. The van der Waals surface area contributed by atoms with E-state index in [2.05, 4.69) is 21.2 Å². The highest BCUT2D eigenvalue weighted by Crippen LogP contribution is 2.15. The number of carbonyl (C=O) groups is 2. The molecule has 0 aliphatic rings. The Morgan fingerprint density at radius 2 is 1.68 bits per heavy atom. The molecule has 1 aromatic rings. The third-order valence-electron chi connectivity index (χ3n) is 2.07. The van der Waals surface area contributed by atoms with Crippen molar-refractivity contribution < 1.29 is 22.8 Å². The van der Waals surface area contributed by atoms with E-state index in [4.69, 9.17) is 0 Å². The number of benzene rings is 1. The van der Waals surface area contributed by atoms with Gasteiger partial charge in [0.15, 0.2) is 0 Å². The maximum absolute atomic E-state index is 11.8. The van der Waals surface area contributed by atoms with Crippen molar-refractivity contribution in [3.05, 3.63) is 34.3 Å². The lowest BCUT2D eigenvalue weighted by Gasteiger charge is -2.09. The lowest BCUT2D eigenvalue weighted by Crippen LogP contribution is -2.41. The number of amides is 2. The van der Waals surface area contributed by atoms with Crippen LogP contribution in [0.3, 0.4) is 0 Å². The Labute approximate surface area is 115 Å². The Bertz CT molecular complexity index is 477. The minimum Gasteiger partial charge on any atom is -0.350 e. The van der Waals surface area contributed by atoms with Gasteiger partial charge in [0.25, 0.3) is 5.91 Å². The largest absolute Gasteiger partial charge is 0.471 e. The SMILES string of the molecule is O=C(NCCNC(=O)C(F)(F)F)c1ccccc1Br. The molecule has 0 aromatic heterocycles. The van der Waals surface area contributed by atoms with Gasteiger partial charge in [0.1, 0.15) is 0 Å². The first-order valence-corrected chi connectivity index (χ1v) is 5.99. The maximum atomic E-state index is 11.8. The van der Waals surface area contributed by atoms with Crippen LogP contribution in [0.4, 0.5) is 13.2 Å². The van der Waals surface area contributed by atoms with Crippen LogP contribution in [0, 0.1) is 0 Å². The van der Waals surface area contributed by atoms with Crippen LogP contribution in [-0.2, 0) is 4.79 Å². The quantitative estimate of drug-likeness (QED) is 0.823. The van der Waals surface area contributed by atoms with Crippen LogP contribution in [0.1, 0.15) is 10.4 Å². The molecule has 0 bridgehead atoms. The monoisotopic (exact) mass is 338 g/mol. The van der Waals surface area contributed by atoms with E-state index in [1.807, 2.05) is 0 Å². The average molecular weight is 339 g/mol. The Morgan fingerprint density at radius 1 is 1.11 bits per heavy atom. The summed E-state index contributed by atoms with van der Waals surface area (Å²) in [6, 6.07) is 6.61. The molecule has 0 atom stereocenters. The smallest absolute Gasteiger partial charge is 0.350 e. The number of hydrogen-bond donors (Lipinski definition) is 2. The minimum absolute atomic E-state index is 0.0953. The van der Waals surface area contributed by atoms with Gasteiger partial charge in [-0.2, -0.15) is 13.2 Å². The van der Waals surface area contributed by atoms with E-state index >= 15 is 0 Å². The van der Waals surface area contributed by atoms with E-state index in [0.29, 0.717) is 10.0 Å². The molecule has 0 radical (unpaired) electrons. The summed E-state index contributed by atoms with van der Waals surface area (Å²) in [6.45, 7) is -0.392. The molecule has 19 heavy (non-hydrogen) atoms.